The van der Waals surface area contributed by atoms with Crippen molar-refractivity contribution in [2.75, 3.05) is 25.2 Å². The van der Waals surface area contributed by atoms with Crippen molar-refractivity contribution in [3.63, 3.8) is 0 Å². The molecule has 1 aliphatic heterocycles. The summed E-state index contributed by atoms with van der Waals surface area (Å²) in [7, 11) is 0. The lowest BCUT2D eigenvalue weighted by Gasteiger charge is -2.26. The summed E-state index contributed by atoms with van der Waals surface area (Å²) in [5.74, 6) is -0.232. The summed E-state index contributed by atoms with van der Waals surface area (Å²) in [6.45, 7) is 4.84. The first-order valence-electron chi connectivity index (χ1n) is 9.11. The molecule has 0 radical (unpaired) electrons. The number of rotatable bonds is 5. The summed E-state index contributed by atoms with van der Waals surface area (Å²) < 4.78 is 14.7. The summed E-state index contributed by atoms with van der Waals surface area (Å²) in [5, 5.41) is 15.6. The number of hydrogen-bond donors (Lipinski definition) is 2. The minimum absolute atomic E-state index is 0.0168. The van der Waals surface area contributed by atoms with Gasteiger partial charge in [0.25, 0.3) is 0 Å². The van der Waals surface area contributed by atoms with E-state index in [-0.39, 0.29) is 11.7 Å². The monoisotopic (exact) mass is 383 g/mol. The van der Waals surface area contributed by atoms with Crippen LogP contribution in [-0.4, -0.2) is 35.0 Å². The topological polar surface area (TPSA) is 53.1 Å². The van der Waals surface area contributed by atoms with Crippen molar-refractivity contribution in [1.82, 2.24) is 20.5 Å². The number of halogens is 1. The number of anilines is 1. The van der Waals surface area contributed by atoms with Crippen LogP contribution in [0.3, 0.4) is 0 Å². The van der Waals surface area contributed by atoms with Crippen LogP contribution < -0.4 is 10.7 Å². The Labute approximate surface area is 162 Å². The van der Waals surface area contributed by atoms with Crippen LogP contribution in [0.4, 0.5) is 9.52 Å². The number of hydrogen-bond acceptors (Lipinski definition) is 6. The van der Waals surface area contributed by atoms with E-state index in [2.05, 4.69) is 25.9 Å². The van der Waals surface area contributed by atoms with Crippen LogP contribution >= 0.6 is 11.3 Å². The SMILES string of the molecule is CC(c1ccc(-c2ccccc2)c(F)c1)c1nnc(NN2CCCNC2)s1. The van der Waals surface area contributed by atoms with Crippen molar-refractivity contribution in [3.05, 3.63) is 64.9 Å². The average Bonchev–Trinajstić information content (AvgIpc) is 3.17. The van der Waals surface area contributed by atoms with Crippen LogP contribution in [0.15, 0.2) is 48.5 Å². The molecule has 1 saturated heterocycles. The van der Waals surface area contributed by atoms with Gasteiger partial charge < -0.3 is 5.32 Å². The van der Waals surface area contributed by atoms with Crippen LogP contribution in [0.25, 0.3) is 11.1 Å². The van der Waals surface area contributed by atoms with Gasteiger partial charge in [-0.2, -0.15) is 0 Å². The van der Waals surface area contributed by atoms with Crippen molar-refractivity contribution < 1.29 is 4.39 Å². The predicted octanol–water partition coefficient (Wildman–Crippen LogP) is 4.08. The first-order chi connectivity index (χ1) is 13.2. The molecule has 1 fully saturated rings. The third-order valence-corrected chi connectivity index (χ3v) is 5.74. The lowest BCUT2D eigenvalue weighted by molar-refractivity contribution is 0.258. The molecule has 3 aromatic rings. The zero-order valence-corrected chi connectivity index (χ0v) is 16.0. The summed E-state index contributed by atoms with van der Waals surface area (Å²) in [6.07, 6.45) is 1.10. The Morgan fingerprint density at radius 3 is 2.78 bits per heavy atom. The van der Waals surface area contributed by atoms with Crippen LogP contribution in [0.5, 0.6) is 0 Å². The van der Waals surface area contributed by atoms with Crippen LogP contribution in [0.1, 0.15) is 29.8 Å². The molecule has 1 unspecified atom stereocenters. The highest BCUT2D eigenvalue weighted by molar-refractivity contribution is 7.15. The fourth-order valence-electron chi connectivity index (χ4n) is 3.17. The molecule has 2 heterocycles. The van der Waals surface area contributed by atoms with E-state index in [4.69, 9.17) is 0 Å². The van der Waals surface area contributed by atoms with Crippen LogP contribution in [-0.2, 0) is 0 Å². The summed E-state index contributed by atoms with van der Waals surface area (Å²) in [5.41, 5.74) is 5.68. The molecule has 2 aromatic carbocycles. The maximum Gasteiger partial charge on any atom is 0.220 e. The second-order valence-corrected chi connectivity index (χ2v) is 7.67. The Morgan fingerprint density at radius 1 is 1.19 bits per heavy atom. The van der Waals surface area contributed by atoms with Gasteiger partial charge in [0, 0.05) is 18.0 Å². The van der Waals surface area contributed by atoms with Gasteiger partial charge in [0.1, 0.15) is 10.8 Å². The van der Waals surface area contributed by atoms with E-state index in [0.29, 0.717) is 5.56 Å². The molecular formula is C20H22FN5S. The minimum Gasteiger partial charge on any atom is -0.303 e. The second-order valence-electron chi connectivity index (χ2n) is 6.66. The van der Waals surface area contributed by atoms with Crippen molar-refractivity contribution in [2.45, 2.75) is 19.3 Å². The van der Waals surface area contributed by atoms with Gasteiger partial charge in [-0.1, -0.05) is 60.7 Å². The van der Waals surface area contributed by atoms with Gasteiger partial charge in [-0.05, 0) is 30.2 Å². The zero-order valence-electron chi connectivity index (χ0n) is 15.2. The number of nitrogens with one attached hydrogen (secondary N) is 2. The highest BCUT2D eigenvalue weighted by atomic mass is 32.1. The molecule has 0 saturated carbocycles. The van der Waals surface area contributed by atoms with Gasteiger partial charge in [0.2, 0.25) is 5.13 Å². The highest BCUT2D eigenvalue weighted by Gasteiger charge is 2.18. The third kappa shape index (κ3) is 4.16. The molecule has 5 nitrogen and oxygen atoms in total. The van der Waals surface area contributed by atoms with Gasteiger partial charge in [0.05, 0.1) is 6.67 Å². The summed E-state index contributed by atoms with van der Waals surface area (Å²) in [6, 6.07) is 15.0. The maximum absolute atomic E-state index is 14.7. The van der Waals surface area contributed by atoms with E-state index in [9.17, 15) is 4.39 Å². The molecule has 7 heteroatoms. The lowest BCUT2D eigenvalue weighted by atomic mass is 9.97. The summed E-state index contributed by atoms with van der Waals surface area (Å²) >= 11 is 1.51. The Hall–Kier alpha value is -2.35. The van der Waals surface area contributed by atoms with Crippen molar-refractivity contribution in [1.29, 1.82) is 0 Å². The molecule has 1 aliphatic rings. The molecule has 0 spiro atoms. The summed E-state index contributed by atoms with van der Waals surface area (Å²) in [4.78, 5) is 0. The van der Waals surface area contributed by atoms with E-state index >= 15 is 0 Å². The zero-order chi connectivity index (χ0) is 18.6. The second kappa shape index (κ2) is 8.12. The number of hydrazine groups is 1. The third-order valence-electron chi connectivity index (χ3n) is 4.73. The molecule has 140 valence electrons. The number of benzene rings is 2. The van der Waals surface area contributed by atoms with Crippen LogP contribution in [0, 0.1) is 5.82 Å². The molecule has 0 amide bonds. The minimum atomic E-state index is -0.215. The fraction of sp³-hybridized carbons (Fsp3) is 0.300. The van der Waals surface area contributed by atoms with Crippen molar-refractivity contribution in [3.8, 4) is 11.1 Å². The normalized spacial score (nSPS) is 16.2. The van der Waals surface area contributed by atoms with E-state index in [0.717, 1.165) is 47.4 Å². The fourth-order valence-corrected chi connectivity index (χ4v) is 4.02. The average molecular weight is 383 g/mol. The molecule has 0 aliphatic carbocycles. The molecule has 1 atom stereocenters. The quantitative estimate of drug-likeness (QED) is 0.695. The van der Waals surface area contributed by atoms with Gasteiger partial charge in [-0.25, -0.2) is 9.40 Å². The predicted molar refractivity (Wildman–Crippen MR) is 107 cm³/mol. The van der Waals surface area contributed by atoms with Gasteiger partial charge in [0.15, 0.2) is 0 Å². The van der Waals surface area contributed by atoms with E-state index in [1.54, 1.807) is 6.07 Å². The molecule has 2 N–H and O–H groups in total. The van der Waals surface area contributed by atoms with Gasteiger partial charge in [-0.3, -0.25) is 5.43 Å². The first kappa shape index (κ1) is 18.0. The smallest absolute Gasteiger partial charge is 0.220 e. The highest BCUT2D eigenvalue weighted by Crippen LogP contribution is 2.32. The Balaban J connectivity index is 1.49. The molecule has 27 heavy (non-hydrogen) atoms. The molecule has 4 rings (SSSR count). The molecule has 0 bridgehead atoms. The maximum atomic E-state index is 14.7. The number of nitrogens with zero attached hydrogens (tertiary/aromatic N) is 3. The largest absolute Gasteiger partial charge is 0.303 e. The van der Waals surface area contributed by atoms with E-state index in [1.165, 1.54) is 11.3 Å². The van der Waals surface area contributed by atoms with E-state index < -0.39 is 0 Å². The Bertz CT molecular complexity index is 892. The number of aromatic nitrogens is 2. The van der Waals surface area contributed by atoms with Crippen LogP contribution in [0.2, 0.25) is 0 Å². The molecular weight excluding hydrogens is 361 g/mol. The van der Waals surface area contributed by atoms with Gasteiger partial charge in [-0.15, -0.1) is 10.2 Å². The standard InChI is InChI=1S/C20H22FN5S/c1-14(19-23-24-20(27-19)25-26-11-5-10-22-13-26)16-8-9-17(18(21)12-16)15-6-3-2-4-7-15/h2-4,6-9,12,14,22H,5,10-11,13H2,1H3,(H,24,25). The molecule has 1 aromatic heterocycles. The van der Waals surface area contributed by atoms with Crippen molar-refractivity contribution in [2.24, 2.45) is 0 Å². The Morgan fingerprint density at radius 2 is 2.04 bits per heavy atom. The van der Waals surface area contributed by atoms with E-state index in [1.807, 2.05) is 49.4 Å². The Kier molecular flexibility index (Phi) is 5.42. The lowest BCUT2D eigenvalue weighted by Crippen LogP contribution is -2.44. The van der Waals surface area contributed by atoms with Crippen molar-refractivity contribution >= 4 is 16.5 Å². The first-order valence-corrected chi connectivity index (χ1v) is 9.93. The van der Waals surface area contributed by atoms with Gasteiger partial charge >= 0.3 is 0 Å².